The molecule has 0 fully saturated rings. The smallest absolute Gasteiger partial charge is 0.352 e. The van der Waals surface area contributed by atoms with Gasteiger partial charge in [0, 0.05) is 24.6 Å². The topological polar surface area (TPSA) is 112 Å². The Balaban J connectivity index is 2.20. The van der Waals surface area contributed by atoms with Gasteiger partial charge in [0.25, 0.3) is 0 Å². The highest BCUT2D eigenvalue weighted by Gasteiger charge is 2.21. The lowest BCUT2D eigenvalue weighted by atomic mass is 10.1. The summed E-state index contributed by atoms with van der Waals surface area (Å²) in [5, 5.41) is 8.77. The van der Waals surface area contributed by atoms with Gasteiger partial charge in [0.15, 0.2) is 0 Å². The van der Waals surface area contributed by atoms with Crippen molar-refractivity contribution < 1.29 is 18.3 Å². The number of carbonyl (C=O) groups is 1. The van der Waals surface area contributed by atoms with Crippen LogP contribution in [0.5, 0.6) is 0 Å². The Morgan fingerprint density at radius 1 is 1.40 bits per heavy atom. The maximum atomic E-state index is 12.1. The first-order chi connectivity index (χ1) is 9.40. The number of rotatable bonds is 5. The maximum Gasteiger partial charge on any atom is 0.352 e. The van der Waals surface area contributed by atoms with E-state index in [1.807, 2.05) is 0 Å². The first-order valence-electron chi connectivity index (χ1n) is 5.74. The quantitative estimate of drug-likeness (QED) is 0.766. The number of hydrogen-bond acceptors (Lipinski definition) is 4. The second kappa shape index (κ2) is 5.43. The fraction of sp³-hybridized carbons (Fsp3) is 0.167. The number of hydrogen-bond donors (Lipinski definition) is 3. The van der Waals surface area contributed by atoms with E-state index < -0.39 is 22.0 Å². The number of aromatic amines is 1. The molecule has 2 aromatic heterocycles. The van der Waals surface area contributed by atoms with Crippen LogP contribution in [-0.4, -0.2) is 29.5 Å². The van der Waals surface area contributed by atoms with Crippen molar-refractivity contribution in [2.45, 2.75) is 17.9 Å². The zero-order chi connectivity index (χ0) is 14.8. The van der Waals surface area contributed by atoms with Crippen molar-refractivity contribution in [3.05, 3.63) is 48.0 Å². The van der Waals surface area contributed by atoms with E-state index in [2.05, 4.69) is 14.7 Å². The molecule has 0 unspecified atom stereocenters. The average molecular weight is 295 g/mol. The number of nitrogens with zero attached hydrogens (tertiary/aromatic N) is 1. The normalized spacial score (nSPS) is 13.1. The fourth-order valence-electron chi connectivity index (χ4n) is 1.67. The molecule has 2 aromatic rings. The van der Waals surface area contributed by atoms with E-state index in [1.54, 1.807) is 31.5 Å². The summed E-state index contributed by atoms with van der Waals surface area (Å²) in [5.41, 5.74) is 0.583. The van der Waals surface area contributed by atoms with Gasteiger partial charge in [0.05, 0.1) is 0 Å². The molecule has 0 aromatic carbocycles. The molecule has 0 aliphatic carbocycles. The van der Waals surface area contributed by atoms with E-state index in [0.29, 0.717) is 0 Å². The Labute approximate surface area is 115 Å². The summed E-state index contributed by atoms with van der Waals surface area (Å²) in [6.45, 7) is 1.69. The zero-order valence-electron chi connectivity index (χ0n) is 10.6. The van der Waals surface area contributed by atoms with Crippen LogP contribution >= 0.6 is 0 Å². The van der Waals surface area contributed by atoms with Crippen LogP contribution in [0.25, 0.3) is 0 Å². The number of aromatic carboxylic acids is 1. The highest BCUT2D eigenvalue weighted by Crippen LogP contribution is 2.17. The molecule has 0 amide bonds. The summed E-state index contributed by atoms with van der Waals surface area (Å²) in [7, 11) is -3.79. The third kappa shape index (κ3) is 3.03. The van der Waals surface area contributed by atoms with Crippen molar-refractivity contribution in [2.75, 3.05) is 0 Å². The van der Waals surface area contributed by atoms with Gasteiger partial charge >= 0.3 is 5.97 Å². The zero-order valence-corrected chi connectivity index (χ0v) is 11.4. The van der Waals surface area contributed by atoms with E-state index in [-0.39, 0.29) is 10.6 Å². The van der Waals surface area contributed by atoms with Crippen LogP contribution in [0, 0.1) is 0 Å². The standard InChI is InChI=1S/C12H13N3O4S/c1-8(9-2-4-13-5-3-9)15-20(18,19)10-6-11(12(16)17)14-7-10/h2-8,14-15H,1H3,(H,16,17)/t8-/m1/s1. The van der Waals surface area contributed by atoms with E-state index in [1.165, 1.54) is 0 Å². The largest absolute Gasteiger partial charge is 0.477 e. The third-order valence-electron chi connectivity index (χ3n) is 2.74. The number of carboxylic acids is 1. The highest BCUT2D eigenvalue weighted by molar-refractivity contribution is 7.89. The molecule has 0 saturated heterocycles. The lowest BCUT2D eigenvalue weighted by Gasteiger charge is -2.13. The Kier molecular flexibility index (Phi) is 3.86. The minimum Gasteiger partial charge on any atom is -0.477 e. The second-order valence-corrected chi connectivity index (χ2v) is 5.89. The van der Waals surface area contributed by atoms with Crippen molar-refractivity contribution in [1.82, 2.24) is 14.7 Å². The van der Waals surface area contributed by atoms with Crippen LogP contribution in [0.1, 0.15) is 29.0 Å². The summed E-state index contributed by atoms with van der Waals surface area (Å²) in [6, 6.07) is 4.02. The summed E-state index contributed by atoms with van der Waals surface area (Å²) >= 11 is 0. The molecule has 0 spiro atoms. The van der Waals surface area contributed by atoms with Gasteiger partial charge in [-0.25, -0.2) is 17.9 Å². The van der Waals surface area contributed by atoms with Gasteiger partial charge in [-0.15, -0.1) is 0 Å². The first kappa shape index (κ1) is 14.2. The lowest BCUT2D eigenvalue weighted by molar-refractivity contribution is 0.0691. The predicted molar refractivity (Wildman–Crippen MR) is 70.7 cm³/mol. The fourth-order valence-corrected chi connectivity index (χ4v) is 2.90. The van der Waals surface area contributed by atoms with Gasteiger partial charge in [0.2, 0.25) is 10.0 Å². The van der Waals surface area contributed by atoms with Crippen LogP contribution in [0.15, 0.2) is 41.7 Å². The molecule has 0 bridgehead atoms. The number of H-pyrrole nitrogens is 1. The van der Waals surface area contributed by atoms with Crippen LogP contribution in [-0.2, 0) is 10.0 Å². The highest BCUT2D eigenvalue weighted by atomic mass is 32.2. The minimum absolute atomic E-state index is 0.115. The molecule has 0 radical (unpaired) electrons. The number of aromatic nitrogens is 2. The molecular formula is C12H13N3O4S. The summed E-state index contributed by atoms with van der Waals surface area (Å²) in [6.07, 6.45) is 4.28. The van der Waals surface area contributed by atoms with E-state index in [9.17, 15) is 13.2 Å². The average Bonchev–Trinajstić information content (AvgIpc) is 2.90. The second-order valence-electron chi connectivity index (χ2n) is 4.18. The van der Waals surface area contributed by atoms with Gasteiger partial charge in [0.1, 0.15) is 10.6 Å². The van der Waals surface area contributed by atoms with Gasteiger partial charge in [-0.3, -0.25) is 4.98 Å². The Bertz CT molecular complexity index is 709. The summed E-state index contributed by atoms with van der Waals surface area (Å²) in [4.78, 5) is 16.9. The molecule has 0 aliphatic rings. The molecule has 0 aliphatic heterocycles. The maximum absolute atomic E-state index is 12.1. The number of sulfonamides is 1. The van der Waals surface area contributed by atoms with Crippen LogP contribution in [0.2, 0.25) is 0 Å². The number of pyridine rings is 1. The van der Waals surface area contributed by atoms with Crippen molar-refractivity contribution in [1.29, 1.82) is 0 Å². The van der Waals surface area contributed by atoms with Gasteiger partial charge < -0.3 is 10.1 Å². The van der Waals surface area contributed by atoms with Gasteiger partial charge in [-0.2, -0.15) is 0 Å². The molecular weight excluding hydrogens is 282 g/mol. The van der Waals surface area contributed by atoms with Crippen molar-refractivity contribution in [3.8, 4) is 0 Å². The van der Waals surface area contributed by atoms with Crippen LogP contribution < -0.4 is 4.72 Å². The summed E-state index contributed by atoms with van der Waals surface area (Å²) < 4.78 is 26.7. The Morgan fingerprint density at radius 3 is 2.60 bits per heavy atom. The molecule has 20 heavy (non-hydrogen) atoms. The van der Waals surface area contributed by atoms with E-state index in [0.717, 1.165) is 17.8 Å². The monoisotopic (exact) mass is 295 g/mol. The predicted octanol–water partition coefficient (Wildman–Crippen LogP) is 1.15. The SMILES string of the molecule is C[C@@H](NS(=O)(=O)c1c[nH]c(C(=O)O)c1)c1ccncc1. The summed E-state index contributed by atoms with van der Waals surface area (Å²) in [5.74, 6) is -1.21. The lowest BCUT2D eigenvalue weighted by Crippen LogP contribution is -2.26. The molecule has 2 rings (SSSR count). The molecule has 1 atom stereocenters. The van der Waals surface area contributed by atoms with E-state index >= 15 is 0 Å². The number of nitrogens with one attached hydrogen (secondary N) is 2. The van der Waals surface area contributed by atoms with Crippen molar-refractivity contribution in [2.24, 2.45) is 0 Å². The van der Waals surface area contributed by atoms with Gasteiger partial charge in [-0.1, -0.05) is 0 Å². The molecule has 7 nitrogen and oxygen atoms in total. The van der Waals surface area contributed by atoms with Gasteiger partial charge in [-0.05, 0) is 30.7 Å². The van der Waals surface area contributed by atoms with Crippen molar-refractivity contribution >= 4 is 16.0 Å². The third-order valence-corrected chi connectivity index (χ3v) is 4.26. The molecule has 0 saturated carbocycles. The van der Waals surface area contributed by atoms with Crippen LogP contribution in [0.4, 0.5) is 0 Å². The molecule has 8 heteroatoms. The molecule has 2 heterocycles. The first-order valence-corrected chi connectivity index (χ1v) is 7.22. The Hall–Kier alpha value is -2.19. The number of carboxylic acid groups (broad SMARTS) is 1. The van der Waals surface area contributed by atoms with E-state index in [4.69, 9.17) is 5.11 Å². The Morgan fingerprint density at radius 2 is 2.05 bits per heavy atom. The van der Waals surface area contributed by atoms with Crippen molar-refractivity contribution in [3.63, 3.8) is 0 Å². The molecule has 3 N–H and O–H groups in total. The molecule has 106 valence electrons. The minimum atomic E-state index is -3.79. The van der Waals surface area contributed by atoms with Crippen LogP contribution in [0.3, 0.4) is 0 Å².